The Morgan fingerprint density at radius 1 is 1.22 bits per heavy atom. The van der Waals surface area contributed by atoms with Crippen LogP contribution in [0.3, 0.4) is 0 Å². The van der Waals surface area contributed by atoms with Crippen LogP contribution in [0.2, 0.25) is 0 Å². The zero-order valence-corrected chi connectivity index (χ0v) is 20.7. The predicted molar refractivity (Wildman–Crippen MR) is 136 cm³/mol. The number of alkyl halides is 1. The van der Waals surface area contributed by atoms with Crippen LogP contribution in [-0.4, -0.2) is 47.7 Å². The van der Waals surface area contributed by atoms with Crippen LogP contribution in [0.4, 0.5) is 8.78 Å². The van der Waals surface area contributed by atoms with Crippen LogP contribution in [0.25, 0.3) is 10.9 Å². The number of aromatic nitrogens is 1. The van der Waals surface area contributed by atoms with Crippen molar-refractivity contribution >= 4 is 16.9 Å². The predicted octanol–water partition coefficient (Wildman–Crippen LogP) is 6.22. The quantitative estimate of drug-likeness (QED) is 0.319. The number of benzene rings is 2. The summed E-state index contributed by atoms with van der Waals surface area (Å²) in [5.74, 6) is -0.902. The first kappa shape index (κ1) is 26.0. The van der Waals surface area contributed by atoms with Crippen LogP contribution in [0.15, 0.2) is 54.7 Å². The van der Waals surface area contributed by atoms with Gasteiger partial charge in [0.1, 0.15) is 17.7 Å². The van der Waals surface area contributed by atoms with E-state index in [0.29, 0.717) is 36.2 Å². The topological polar surface area (TPSA) is 62.7 Å². The van der Waals surface area contributed by atoms with E-state index in [0.717, 1.165) is 43.3 Å². The number of ether oxygens (including phenoxy) is 1. The van der Waals surface area contributed by atoms with Crippen molar-refractivity contribution in [3.05, 3.63) is 71.7 Å². The molecule has 1 aromatic heterocycles. The summed E-state index contributed by atoms with van der Waals surface area (Å²) >= 11 is 0. The third-order valence-electron chi connectivity index (χ3n) is 7.40. The lowest BCUT2D eigenvalue weighted by Crippen LogP contribution is -2.44. The molecule has 1 unspecified atom stereocenters. The van der Waals surface area contributed by atoms with Crippen molar-refractivity contribution in [2.24, 2.45) is 11.8 Å². The van der Waals surface area contributed by atoms with Crippen molar-refractivity contribution < 1.29 is 23.4 Å². The molecule has 1 aliphatic rings. The minimum atomic E-state index is -1.20. The minimum absolute atomic E-state index is 0.0574. The van der Waals surface area contributed by atoms with Gasteiger partial charge in [-0.15, -0.1) is 0 Å². The van der Waals surface area contributed by atoms with Crippen LogP contribution in [0, 0.1) is 17.7 Å². The second kappa shape index (κ2) is 12.3. The number of carbonyl (C=O) groups is 1. The zero-order valence-electron chi connectivity index (χ0n) is 20.7. The molecule has 36 heavy (non-hydrogen) atoms. The fourth-order valence-electron chi connectivity index (χ4n) is 5.31. The van der Waals surface area contributed by atoms with E-state index in [1.165, 1.54) is 6.07 Å². The molecule has 7 heteroatoms. The number of hydrogen-bond acceptors (Lipinski definition) is 4. The van der Waals surface area contributed by atoms with E-state index in [1.807, 2.05) is 18.2 Å². The number of aryl methyl sites for hydroxylation is 1. The van der Waals surface area contributed by atoms with Gasteiger partial charge in [-0.2, -0.15) is 0 Å². The van der Waals surface area contributed by atoms with Crippen molar-refractivity contribution in [3.63, 3.8) is 0 Å². The number of hydrogen-bond donors (Lipinski definition) is 1. The van der Waals surface area contributed by atoms with Crippen LogP contribution in [0.5, 0.6) is 5.75 Å². The Kier molecular flexibility index (Phi) is 8.86. The number of fused-ring (bicyclic) bond motifs is 1. The number of unbranched alkanes of at least 4 members (excludes halogenated alkanes) is 1. The molecule has 5 nitrogen and oxygen atoms in total. The third-order valence-corrected chi connectivity index (χ3v) is 7.40. The summed E-state index contributed by atoms with van der Waals surface area (Å²) in [6.45, 7) is 2.08. The van der Waals surface area contributed by atoms with Crippen LogP contribution >= 0.6 is 0 Å². The number of likely N-dealkylation sites (tertiary alicyclic amines) is 1. The normalized spacial score (nSPS) is 19.3. The van der Waals surface area contributed by atoms with Gasteiger partial charge < -0.3 is 14.7 Å². The van der Waals surface area contributed by atoms with Crippen LogP contribution in [0.1, 0.15) is 49.4 Å². The summed E-state index contributed by atoms with van der Waals surface area (Å²) in [4.78, 5) is 18.5. The highest BCUT2D eigenvalue weighted by Crippen LogP contribution is 2.35. The van der Waals surface area contributed by atoms with Crippen molar-refractivity contribution in [1.82, 2.24) is 9.88 Å². The monoisotopic (exact) mass is 496 g/mol. The summed E-state index contributed by atoms with van der Waals surface area (Å²) in [7, 11) is 1.58. The number of methoxy groups -OCH3 is 1. The molecule has 0 bridgehead atoms. The lowest BCUT2D eigenvalue weighted by Gasteiger charge is -2.37. The zero-order chi connectivity index (χ0) is 25.5. The van der Waals surface area contributed by atoms with E-state index in [1.54, 1.807) is 37.6 Å². The van der Waals surface area contributed by atoms with Gasteiger partial charge in [0.15, 0.2) is 0 Å². The fourth-order valence-corrected chi connectivity index (χ4v) is 5.31. The molecular weight excluding hydrogens is 462 g/mol. The first-order valence-corrected chi connectivity index (χ1v) is 12.7. The summed E-state index contributed by atoms with van der Waals surface area (Å²) in [6, 6.07) is 13.9. The smallest absolute Gasteiger partial charge is 0.308 e. The van der Waals surface area contributed by atoms with Gasteiger partial charge in [0, 0.05) is 18.1 Å². The lowest BCUT2D eigenvalue weighted by atomic mass is 9.81. The van der Waals surface area contributed by atoms with E-state index in [2.05, 4.69) is 9.88 Å². The third kappa shape index (κ3) is 6.38. The molecule has 2 aromatic carbocycles. The fraction of sp³-hybridized carbons (Fsp3) is 0.448. The Labute approximate surface area is 211 Å². The molecule has 1 N–H and O–H groups in total. The highest BCUT2D eigenvalue weighted by atomic mass is 19.1. The largest absolute Gasteiger partial charge is 0.497 e. The number of carboxylic acids is 1. The first-order chi connectivity index (χ1) is 17.5. The van der Waals surface area contributed by atoms with Gasteiger partial charge in [-0.3, -0.25) is 9.78 Å². The highest BCUT2D eigenvalue weighted by Gasteiger charge is 2.34. The number of piperidine rings is 1. The van der Waals surface area contributed by atoms with E-state index >= 15 is 4.39 Å². The Morgan fingerprint density at radius 3 is 2.83 bits per heavy atom. The van der Waals surface area contributed by atoms with Crippen LogP contribution in [-0.2, 0) is 11.2 Å². The second-order valence-electron chi connectivity index (χ2n) is 9.67. The molecule has 0 aliphatic carbocycles. The Morgan fingerprint density at radius 2 is 2.06 bits per heavy atom. The average molecular weight is 497 g/mol. The number of aliphatic carboxylic acids is 1. The summed E-state index contributed by atoms with van der Waals surface area (Å²) < 4.78 is 34.5. The first-order valence-electron chi connectivity index (χ1n) is 12.7. The highest BCUT2D eigenvalue weighted by molar-refractivity contribution is 5.83. The summed E-state index contributed by atoms with van der Waals surface area (Å²) in [5, 5.41) is 10.6. The average Bonchev–Trinajstić information content (AvgIpc) is 2.90. The summed E-state index contributed by atoms with van der Waals surface area (Å²) in [6.07, 6.45) is 4.36. The van der Waals surface area contributed by atoms with Gasteiger partial charge in [0.2, 0.25) is 0 Å². The van der Waals surface area contributed by atoms with Crippen LogP contribution < -0.4 is 4.74 Å². The van der Waals surface area contributed by atoms with Crippen molar-refractivity contribution in [3.8, 4) is 5.75 Å². The maximum atomic E-state index is 15.4. The summed E-state index contributed by atoms with van der Waals surface area (Å²) in [5.41, 5.74) is 2.00. The van der Waals surface area contributed by atoms with Gasteiger partial charge >= 0.3 is 5.97 Å². The minimum Gasteiger partial charge on any atom is -0.497 e. The van der Waals surface area contributed by atoms with Crippen molar-refractivity contribution in [2.75, 3.05) is 26.7 Å². The van der Waals surface area contributed by atoms with Gasteiger partial charge in [0.05, 0.1) is 18.5 Å². The molecule has 0 amide bonds. The van der Waals surface area contributed by atoms with E-state index in [9.17, 15) is 14.3 Å². The Bertz CT molecular complexity index is 1170. The Balaban J connectivity index is 1.30. The molecule has 1 fully saturated rings. The molecule has 4 rings (SSSR count). The maximum absolute atomic E-state index is 15.4. The van der Waals surface area contributed by atoms with E-state index in [4.69, 9.17) is 4.74 Å². The molecule has 192 valence electrons. The molecule has 3 atom stereocenters. The number of pyridine rings is 1. The van der Waals surface area contributed by atoms with E-state index < -0.39 is 18.1 Å². The van der Waals surface area contributed by atoms with Gasteiger partial charge in [-0.25, -0.2) is 8.78 Å². The number of halogens is 2. The van der Waals surface area contributed by atoms with Gasteiger partial charge in [-0.1, -0.05) is 18.2 Å². The SMILES string of the molecule is COc1ccc2nccc(C(F)CC[C@@H]3CCN(CCCCc4ccccc4F)C[C@@H]3C(=O)O)c2c1. The van der Waals surface area contributed by atoms with Gasteiger partial charge in [0.25, 0.3) is 0 Å². The number of nitrogens with zero attached hydrogens (tertiary/aromatic N) is 2. The Hall–Kier alpha value is -3.06. The number of rotatable bonds is 11. The lowest BCUT2D eigenvalue weighted by molar-refractivity contribution is -0.146. The molecular formula is C29H34F2N2O3. The molecule has 3 aromatic rings. The molecule has 2 heterocycles. The number of carboxylic acid groups (broad SMARTS) is 1. The van der Waals surface area contributed by atoms with Gasteiger partial charge in [-0.05, 0) is 99.0 Å². The molecule has 0 radical (unpaired) electrons. The molecule has 1 saturated heterocycles. The standard InChI is InChI=1S/C29H34F2N2O3/c1-36-22-10-12-28-24(18-22)23(13-15-32-28)27(31)11-9-20-14-17-33(19-25(20)29(34)35)16-5-4-7-21-6-2-3-8-26(21)30/h2-3,6,8,10,12-13,15,18,20,25,27H,4-5,7,9,11,14,16-17,19H2,1H3,(H,34,35)/t20-,25+,27?/m1/s1. The van der Waals surface area contributed by atoms with Crippen molar-refractivity contribution in [1.29, 1.82) is 0 Å². The maximum Gasteiger partial charge on any atom is 0.308 e. The van der Waals surface area contributed by atoms with Crippen molar-refractivity contribution in [2.45, 2.75) is 44.7 Å². The molecule has 0 saturated carbocycles. The molecule has 1 aliphatic heterocycles. The molecule has 0 spiro atoms. The second-order valence-corrected chi connectivity index (χ2v) is 9.67. The van der Waals surface area contributed by atoms with E-state index in [-0.39, 0.29) is 18.2 Å².